The second kappa shape index (κ2) is 4.84. The van der Waals surface area contributed by atoms with Crippen molar-refractivity contribution in [1.29, 1.82) is 0 Å². The van der Waals surface area contributed by atoms with Crippen LogP contribution in [0.3, 0.4) is 0 Å². The molecule has 98 valence electrons. The zero-order valence-corrected chi connectivity index (χ0v) is 12.7. The SMILES string of the molecule is Cc1nc(NC(C)C2CC3CCC2C3)ccc1Br. The first-order valence-corrected chi connectivity index (χ1v) is 7.82. The van der Waals surface area contributed by atoms with E-state index in [-0.39, 0.29) is 0 Å². The number of pyridine rings is 1. The summed E-state index contributed by atoms with van der Waals surface area (Å²) in [5, 5.41) is 3.60. The normalized spacial score (nSPS) is 31.6. The number of anilines is 1. The van der Waals surface area contributed by atoms with E-state index in [1.165, 1.54) is 25.7 Å². The Morgan fingerprint density at radius 1 is 1.33 bits per heavy atom. The van der Waals surface area contributed by atoms with E-state index in [1.54, 1.807) is 0 Å². The highest BCUT2D eigenvalue weighted by Crippen LogP contribution is 2.49. The molecule has 4 unspecified atom stereocenters. The summed E-state index contributed by atoms with van der Waals surface area (Å²) in [7, 11) is 0. The molecule has 1 heterocycles. The molecule has 18 heavy (non-hydrogen) atoms. The standard InChI is InChI=1S/C15H21BrN2/c1-9(13-8-11-3-4-12(13)7-11)17-15-6-5-14(16)10(2)18-15/h5-6,9,11-13H,3-4,7-8H2,1-2H3,(H,17,18). The molecular formula is C15H21BrN2. The molecule has 0 spiro atoms. The molecular weight excluding hydrogens is 288 g/mol. The zero-order valence-electron chi connectivity index (χ0n) is 11.1. The first kappa shape index (κ1) is 12.5. The number of aromatic nitrogens is 1. The van der Waals surface area contributed by atoms with Gasteiger partial charge in [-0.3, -0.25) is 0 Å². The molecule has 0 saturated heterocycles. The minimum atomic E-state index is 0.549. The molecule has 2 saturated carbocycles. The summed E-state index contributed by atoms with van der Waals surface area (Å²) in [6, 6.07) is 4.70. The third-order valence-corrected chi connectivity index (χ3v) is 5.67. The minimum Gasteiger partial charge on any atom is -0.367 e. The van der Waals surface area contributed by atoms with Gasteiger partial charge in [-0.25, -0.2) is 4.98 Å². The number of aryl methyl sites for hydroxylation is 1. The van der Waals surface area contributed by atoms with E-state index < -0.39 is 0 Å². The largest absolute Gasteiger partial charge is 0.367 e. The number of fused-ring (bicyclic) bond motifs is 2. The Labute approximate surface area is 118 Å². The quantitative estimate of drug-likeness (QED) is 0.896. The summed E-state index contributed by atoms with van der Waals surface area (Å²) >= 11 is 3.50. The molecule has 0 amide bonds. The van der Waals surface area contributed by atoms with Crippen LogP contribution in [0, 0.1) is 24.7 Å². The van der Waals surface area contributed by atoms with Crippen LogP contribution in [-0.2, 0) is 0 Å². The van der Waals surface area contributed by atoms with Crippen LogP contribution in [0.5, 0.6) is 0 Å². The lowest BCUT2D eigenvalue weighted by molar-refractivity contribution is 0.304. The Morgan fingerprint density at radius 3 is 2.78 bits per heavy atom. The van der Waals surface area contributed by atoms with E-state index in [2.05, 4.69) is 45.3 Å². The van der Waals surface area contributed by atoms with Crippen LogP contribution < -0.4 is 5.32 Å². The van der Waals surface area contributed by atoms with Gasteiger partial charge >= 0.3 is 0 Å². The van der Waals surface area contributed by atoms with Crippen LogP contribution in [0.15, 0.2) is 16.6 Å². The number of rotatable bonds is 3. The number of nitrogens with one attached hydrogen (secondary N) is 1. The fourth-order valence-corrected chi connectivity index (χ4v) is 4.09. The topological polar surface area (TPSA) is 24.9 Å². The molecule has 2 aliphatic carbocycles. The molecule has 0 aromatic carbocycles. The van der Waals surface area contributed by atoms with Crippen molar-refractivity contribution in [3.63, 3.8) is 0 Å². The van der Waals surface area contributed by atoms with Gasteiger partial charge in [-0.05, 0) is 78.9 Å². The molecule has 2 nitrogen and oxygen atoms in total. The molecule has 1 aromatic rings. The lowest BCUT2D eigenvalue weighted by Crippen LogP contribution is -2.30. The average Bonchev–Trinajstić information content (AvgIpc) is 2.96. The average molecular weight is 309 g/mol. The number of halogens is 1. The summed E-state index contributed by atoms with van der Waals surface area (Å²) in [5.74, 6) is 3.86. The Hall–Kier alpha value is -0.570. The Bertz CT molecular complexity index is 446. The molecule has 0 aliphatic heterocycles. The van der Waals surface area contributed by atoms with Crippen molar-refractivity contribution in [3.8, 4) is 0 Å². The maximum atomic E-state index is 4.59. The predicted octanol–water partition coefficient (Wildman–Crippen LogP) is 4.39. The molecule has 0 radical (unpaired) electrons. The molecule has 2 fully saturated rings. The highest BCUT2D eigenvalue weighted by atomic mass is 79.9. The molecule has 2 bridgehead atoms. The van der Waals surface area contributed by atoms with Crippen LogP contribution in [0.1, 0.15) is 38.3 Å². The summed E-state index contributed by atoms with van der Waals surface area (Å²) in [6.45, 7) is 4.36. The van der Waals surface area contributed by atoms with Gasteiger partial charge in [0.05, 0.1) is 5.69 Å². The van der Waals surface area contributed by atoms with E-state index in [4.69, 9.17) is 0 Å². The van der Waals surface area contributed by atoms with Gasteiger partial charge in [-0.1, -0.05) is 6.42 Å². The smallest absolute Gasteiger partial charge is 0.126 e. The monoisotopic (exact) mass is 308 g/mol. The van der Waals surface area contributed by atoms with E-state index in [1.807, 2.05) is 6.92 Å². The fraction of sp³-hybridized carbons (Fsp3) is 0.667. The number of hydrogen-bond acceptors (Lipinski definition) is 2. The maximum Gasteiger partial charge on any atom is 0.126 e. The van der Waals surface area contributed by atoms with Crippen LogP contribution in [0.4, 0.5) is 5.82 Å². The van der Waals surface area contributed by atoms with Crippen molar-refractivity contribution < 1.29 is 0 Å². The molecule has 2 aliphatic rings. The van der Waals surface area contributed by atoms with Gasteiger partial charge < -0.3 is 5.32 Å². The Morgan fingerprint density at radius 2 is 2.17 bits per heavy atom. The van der Waals surface area contributed by atoms with Crippen LogP contribution in [0.25, 0.3) is 0 Å². The predicted molar refractivity (Wildman–Crippen MR) is 78.7 cm³/mol. The molecule has 1 N–H and O–H groups in total. The van der Waals surface area contributed by atoms with Gasteiger partial charge in [-0.15, -0.1) is 0 Å². The first-order chi connectivity index (χ1) is 8.63. The van der Waals surface area contributed by atoms with Crippen molar-refractivity contribution in [2.24, 2.45) is 17.8 Å². The van der Waals surface area contributed by atoms with Crippen molar-refractivity contribution in [2.45, 2.75) is 45.6 Å². The van der Waals surface area contributed by atoms with Crippen LogP contribution >= 0.6 is 15.9 Å². The summed E-state index contributed by atoms with van der Waals surface area (Å²) in [6.07, 6.45) is 5.83. The highest BCUT2D eigenvalue weighted by Gasteiger charge is 2.41. The van der Waals surface area contributed by atoms with Gasteiger partial charge in [0, 0.05) is 10.5 Å². The van der Waals surface area contributed by atoms with Gasteiger partial charge in [0.15, 0.2) is 0 Å². The van der Waals surface area contributed by atoms with E-state index >= 15 is 0 Å². The lowest BCUT2D eigenvalue weighted by atomic mass is 9.84. The molecule has 1 aromatic heterocycles. The summed E-state index contributed by atoms with van der Waals surface area (Å²) < 4.78 is 1.08. The third kappa shape index (κ3) is 2.29. The van der Waals surface area contributed by atoms with Crippen molar-refractivity contribution in [1.82, 2.24) is 4.98 Å². The Kier molecular flexibility index (Phi) is 3.35. The van der Waals surface area contributed by atoms with Crippen molar-refractivity contribution in [3.05, 3.63) is 22.3 Å². The zero-order chi connectivity index (χ0) is 12.7. The van der Waals surface area contributed by atoms with Crippen molar-refractivity contribution >= 4 is 21.7 Å². The molecule has 4 atom stereocenters. The molecule has 3 heteroatoms. The maximum absolute atomic E-state index is 4.59. The Balaban J connectivity index is 1.67. The van der Waals surface area contributed by atoms with Crippen LogP contribution in [0.2, 0.25) is 0 Å². The van der Waals surface area contributed by atoms with E-state index in [0.717, 1.165) is 33.7 Å². The second-order valence-corrected chi connectivity index (χ2v) is 6.89. The van der Waals surface area contributed by atoms with E-state index in [9.17, 15) is 0 Å². The highest BCUT2D eigenvalue weighted by molar-refractivity contribution is 9.10. The van der Waals surface area contributed by atoms with Gasteiger partial charge in [0.2, 0.25) is 0 Å². The third-order valence-electron chi connectivity index (χ3n) is 4.83. The second-order valence-electron chi connectivity index (χ2n) is 6.04. The number of hydrogen-bond donors (Lipinski definition) is 1. The van der Waals surface area contributed by atoms with Crippen LogP contribution in [-0.4, -0.2) is 11.0 Å². The first-order valence-electron chi connectivity index (χ1n) is 7.03. The fourth-order valence-electron chi connectivity index (χ4n) is 3.87. The lowest BCUT2D eigenvalue weighted by Gasteiger charge is -2.29. The number of nitrogens with zero attached hydrogens (tertiary/aromatic N) is 1. The van der Waals surface area contributed by atoms with Gasteiger partial charge in [0.25, 0.3) is 0 Å². The van der Waals surface area contributed by atoms with Gasteiger partial charge in [-0.2, -0.15) is 0 Å². The van der Waals surface area contributed by atoms with E-state index in [0.29, 0.717) is 6.04 Å². The minimum absolute atomic E-state index is 0.549. The molecule has 3 rings (SSSR count). The van der Waals surface area contributed by atoms with Gasteiger partial charge in [0.1, 0.15) is 5.82 Å². The summed E-state index contributed by atoms with van der Waals surface area (Å²) in [4.78, 5) is 4.59. The van der Waals surface area contributed by atoms with Crippen molar-refractivity contribution in [2.75, 3.05) is 5.32 Å². The summed E-state index contributed by atoms with van der Waals surface area (Å²) in [5.41, 5.74) is 1.06.